The predicted molar refractivity (Wildman–Crippen MR) is 104 cm³/mol. The average molecular weight is 400 g/mol. The molecule has 0 saturated heterocycles. The molecule has 0 amide bonds. The van der Waals surface area contributed by atoms with E-state index in [1.54, 1.807) is 19.1 Å². The molecule has 0 unspecified atom stereocenters. The molecule has 2 aliphatic rings. The number of phenolic OH excluding ortho intramolecular Hbond substituents is 2. The van der Waals surface area contributed by atoms with Gasteiger partial charge in [-0.1, -0.05) is 6.08 Å². The highest BCUT2D eigenvalue weighted by Crippen LogP contribution is 2.42. The van der Waals surface area contributed by atoms with E-state index in [1.165, 1.54) is 25.1 Å². The Balaban J connectivity index is 1.94. The Kier molecular flexibility index (Phi) is 5.64. The number of carbonyl (C=O) groups excluding carboxylic acids is 2. The zero-order valence-electron chi connectivity index (χ0n) is 16.3. The second kappa shape index (κ2) is 7.85. The number of aliphatic hydroxyl groups excluding tert-OH is 1. The molecule has 1 aliphatic carbocycles. The monoisotopic (exact) mass is 400 g/mol. The first-order valence-electron chi connectivity index (χ1n) is 9.31. The van der Waals surface area contributed by atoms with Crippen LogP contribution in [0.25, 0.3) is 0 Å². The largest absolute Gasteiger partial charge is 0.508 e. The Morgan fingerprint density at radius 1 is 1.31 bits per heavy atom. The molecule has 29 heavy (non-hydrogen) atoms. The van der Waals surface area contributed by atoms with Gasteiger partial charge in [-0.3, -0.25) is 9.59 Å². The van der Waals surface area contributed by atoms with Crippen LogP contribution in [-0.2, 0) is 9.53 Å². The van der Waals surface area contributed by atoms with E-state index in [9.17, 15) is 24.9 Å². The molecule has 7 heteroatoms. The minimum atomic E-state index is -1.76. The molecule has 1 heterocycles. The van der Waals surface area contributed by atoms with Gasteiger partial charge < -0.3 is 25.2 Å². The molecule has 3 rings (SSSR count). The Labute approximate surface area is 168 Å². The van der Waals surface area contributed by atoms with Crippen molar-refractivity contribution in [2.45, 2.75) is 25.9 Å². The lowest BCUT2D eigenvalue weighted by atomic mass is 9.66. The zero-order chi connectivity index (χ0) is 21.3. The maximum atomic E-state index is 13.0. The second-order valence-electron chi connectivity index (χ2n) is 7.60. The predicted octanol–water partition coefficient (Wildman–Crippen LogP) is 1.93. The van der Waals surface area contributed by atoms with Gasteiger partial charge in [0.1, 0.15) is 22.9 Å². The van der Waals surface area contributed by atoms with Crippen LogP contribution in [0.15, 0.2) is 47.8 Å². The van der Waals surface area contributed by atoms with Gasteiger partial charge in [-0.25, -0.2) is 0 Å². The summed E-state index contributed by atoms with van der Waals surface area (Å²) in [6.45, 7) is 2.99. The van der Waals surface area contributed by atoms with Gasteiger partial charge in [-0.2, -0.15) is 0 Å². The summed E-state index contributed by atoms with van der Waals surface area (Å²) in [6, 6.07) is 2.45. The number of benzene rings is 1. The highest BCUT2D eigenvalue weighted by Gasteiger charge is 2.49. The minimum absolute atomic E-state index is 0.0565. The molecule has 1 aromatic carbocycles. The summed E-state index contributed by atoms with van der Waals surface area (Å²) in [5, 5.41) is 39.5. The number of allylic oxidation sites excluding steroid dienone is 2. The Bertz CT molecular complexity index is 913. The minimum Gasteiger partial charge on any atom is -0.508 e. The smallest absolute Gasteiger partial charge is 0.187 e. The number of ketones is 2. The van der Waals surface area contributed by atoms with Crippen molar-refractivity contribution in [3.05, 3.63) is 58.9 Å². The van der Waals surface area contributed by atoms with E-state index in [1.807, 2.05) is 0 Å². The van der Waals surface area contributed by atoms with E-state index in [4.69, 9.17) is 9.84 Å². The Hall–Kier alpha value is -2.90. The molecule has 4 N–H and O–H groups in total. The summed E-state index contributed by atoms with van der Waals surface area (Å²) in [5.74, 6) is -2.11. The van der Waals surface area contributed by atoms with Crippen LogP contribution >= 0.6 is 0 Å². The normalized spacial score (nSPS) is 26.6. The summed E-state index contributed by atoms with van der Waals surface area (Å²) in [6.07, 6.45) is 5.94. The van der Waals surface area contributed by atoms with E-state index in [0.717, 1.165) is 6.07 Å². The third-order valence-electron chi connectivity index (χ3n) is 5.54. The average Bonchev–Trinajstić information content (AvgIpc) is 2.63. The molecule has 154 valence electrons. The quantitative estimate of drug-likeness (QED) is 0.557. The molecule has 0 bridgehead atoms. The first-order chi connectivity index (χ1) is 13.6. The van der Waals surface area contributed by atoms with Gasteiger partial charge in [-0.15, -0.1) is 0 Å². The van der Waals surface area contributed by atoms with Gasteiger partial charge in [0.25, 0.3) is 0 Å². The van der Waals surface area contributed by atoms with Crippen molar-refractivity contribution in [2.24, 2.45) is 11.8 Å². The number of rotatable bonds is 5. The summed E-state index contributed by atoms with van der Waals surface area (Å²) in [5.41, 5.74) is -0.656. The van der Waals surface area contributed by atoms with E-state index in [-0.39, 0.29) is 36.7 Å². The van der Waals surface area contributed by atoms with E-state index in [2.05, 4.69) is 0 Å². The number of aliphatic hydroxyl groups is 2. The van der Waals surface area contributed by atoms with Crippen LogP contribution in [0.4, 0.5) is 0 Å². The number of phenols is 2. The number of Topliss-reactive ketones (excluding diaryl/α,β-unsaturated/α-hetero) is 1. The fraction of sp³-hybridized carbons (Fsp3) is 0.364. The number of hydrogen-bond acceptors (Lipinski definition) is 7. The van der Waals surface area contributed by atoms with Gasteiger partial charge in [0.05, 0.1) is 18.8 Å². The lowest BCUT2D eigenvalue weighted by Crippen LogP contribution is -2.51. The maximum absolute atomic E-state index is 13.0. The highest BCUT2D eigenvalue weighted by molar-refractivity contribution is 6.03. The van der Waals surface area contributed by atoms with Crippen molar-refractivity contribution in [3.8, 4) is 11.5 Å². The van der Waals surface area contributed by atoms with Crippen LogP contribution in [-0.4, -0.2) is 50.8 Å². The van der Waals surface area contributed by atoms with Crippen molar-refractivity contribution in [2.75, 3.05) is 13.2 Å². The molecule has 0 radical (unpaired) electrons. The summed E-state index contributed by atoms with van der Waals surface area (Å²) in [4.78, 5) is 25.5. The number of carbonyl (C=O) groups is 2. The molecular formula is C22H24O7. The van der Waals surface area contributed by atoms with Crippen LogP contribution in [0.1, 0.15) is 29.3 Å². The molecule has 3 atom stereocenters. The van der Waals surface area contributed by atoms with E-state index in [0.29, 0.717) is 16.9 Å². The van der Waals surface area contributed by atoms with Crippen molar-refractivity contribution < 1.29 is 34.8 Å². The van der Waals surface area contributed by atoms with Gasteiger partial charge in [0.15, 0.2) is 11.6 Å². The molecule has 7 nitrogen and oxygen atoms in total. The van der Waals surface area contributed by atoms with E-state index < -0.39 is 29.0 Å². The maximum Gasteiger partial charge on any atom is 0.187 e. The van der Waals surface area contributed by atoms with Crippen LogP contribution in [0, 0.1) is 18.8 Å². The molecule has 0 aromatic heterocycles. The third-order valence-corrected chi connectivity index (χ3v) is 5.54. The van der Waals surface area contributed by atoms with Gasteiger partial charge in [-0.05, 0) is 49.3 Å². The van der Waals surface area contributed by atoms with Crippen LogP contribution in [0.2, 0.25) is 0 Å². The lowest BCUT2D eigenvalue weighted by molar-refractivity contribution is -0.140. The van der Waals surface area contributed by atoms with Gasteiger partial charge >= 0.3 is 0 Å². The molecule has 0 saturated carbocycles. The van der Waals surface area contributed by atoms with Crippen molar-refractivity contribution in [1.82, 2.24) is 0 Å². The van der Waals surface area contributed by atoms with Crippen LogP contribution < -0.4 is 0 Å². The number of aromatic hydroxyl groups is 2. The number of aryl methyl sites for hydroxylation is 1. The summed E-state index contributed by atoms with van der Waals surface area (Å²) in [7, 11) is 0. The molecule has 0 fully saturated rings. The summed E-state index contributed by atoms with van der Waals surface area (Å²) < 4.78 is 5.67. The molecule has 1 aliphatic heterocycles. The molecule has 1 aromatic rings. The first-order valence-corrected chi connectivity index (χ1v) is 9.31. The number of fused-ring (bicyclic) bond motifs is 1. The van der Waals surface area contributed by atoms with Crippen molar-refractivity contribution >= 4 is 11.6 Å². The van der Waals surface area contributed by atoms with E-state index >= 15 is 0 Å². The van der Waals surface area contributed by atoms with Crippen LogP contribution in [0.5, 0.6) is 11.5 Å². The lowest BCUT2D eigenvalue weighted by Gasteiger charge is -2.42. The van der Waals surface area contributed by atoms with Crippen LogP contribution in [0.3, 0.4) is 0 Å². The fourth-order valence-corrected chi connectivity index (χ4v) is 3.98. The SMILES string of the molecule is Cc1cc(O)cc(O)c1C(=O)C[C@H]1[C@@H]2COC(/C=C/CO)=CC2=CC(=O)[C@@]1(C)O. The first kappa shape index (κ1) is 20.8. The zero-order valence-corrected chi connectivity index (χ0v) is 16.3. The van der Waals surface area contributed by atoms with Crippen molar-refractivity contribution in [1.29, 1.82) is 0 Å². The number of ether oxygens (including phenoxy) is 1. The van der Waals surface area contributed by atoms with Gasteiger partial charge in [0.2, 0.25) is 0 Å². The topological polar surface area (TPSA) is 124 Å². The van der Waals surface area contributed by atoms with Crippen molar-refractivity contribution in [3.63, 3.8) is 0 Å². The third kappa shape index (κ3) is 3.97. The fourth-order valence-electron chi connectivity index (χ4n) is 3.98. The Morgan fingerprint density at radius 3 is 2.69 bits per heavy atom. The molecular weight excluding hydrogens is 376 g/mol. The highest BCUT2D eigenvalue weighted by atomic mass is 16.5. The number of hydrogen-bond donors (Lipinski definition) is 4. The Morgan fingerprint density at radius 2 is 2.03 bits per heavy atom. The molecule has 0 spiro atoms. The standard InChI is InChI=1S/C22H24O7/c1-12-6-14(24)9-18(25)21(12)19(26)10-17-16-11-29-15(4-3-5-23)7-13(16)8-20(27)22(17,2)28/h3-4,6-9,16-17,23-25,28H,5,10-11H2,1-2H3/b4-3+/t16-,17+,22+/m1/s1. The van der Waals surface area contributed by atoms with Gasteiger partial charge in [0, 0.05) is 24.3 Å². The second-order valence-corrected chi connectivity index (χ2v) is 7.60. The summed E-state index contributed by atoms with van der Waals surface area (Å²) >= 11 is 0.